The van der Waals surface area contributed by atoms with E-state index in [0.29, 0.717) is 0 Å². The van der Waals surface area contributed by atoms with Crippen molar-refractivity contribution < 1.29 is 4.74 Å². The molecule has 26 heavy (non-hydrogen) atoms. The third-order valence-electron chi connectivity index (χ3n) is 4.28. The topological polar surface area (TPSA) is 48.9 Å². The Kier molecular flexibility index (Phi) is 10.5. The first kappa shape index (κ1) is 21.1. The van der Waals surface area contributed by atoms with Crippen LogP contribution in [-0.4, -0.2) is 69.1 Å². The largest absolute Gasteiger partial charge is 0.379 e. The van der Waals surface area contributed by atoms with Crippen molar-refractivity contribution in [3.63, 3.8) is 0 Å². The van der Waals surface area contributed by atoms with Gasteiger partial charge in [-0.15, -0.1) is 0 Å². The maximum Gasteiger partial charge on any atom is 0.191 e. The van der Waals surface area contributed by atoms with Crippen molar-refractivity contribution in [3.8, 4) is 0 Å². The summed E-state index contributed by atoms with van der Waals surface area (Å²) >= 11 is 1.96. The normalized spacial score (nSPS) is 15.8. The third kappa shape index (κ3) is 8.92. The Morgan fingerprint density at radius 3 is 2.69 bits per heavy atom. The smallest absolute Gasteiger partial charge is 0.191 e. The minimum Gasteiger partial charge on any atom is -0.379 e. The summed E-state index contributed by atoms with van der Waals surface area (Å²) in [7, 11) is 0. The van der Waals surface area contributed by atoms with Crippen molar-refractivity contribution in [1.29, 1.82) is 0 Å². The van der Waals surface area contributed by atoms with Gasteiger partial charge in [0.05, 0.1) is 13.2 Å². The molecule has 0 spiro atoms. The molecule has 1 aliphatic rings. The van der Waals surface area contributed by atoms with E-state index < -0.39 is 0 Å². The minimum atomic E-state index is 0.864. The summed E-state index contributed by atoms with van der Waals surface area (Å²) in [5.74, 6) is 3.08. The van der Waals surface area contributed by atoms with Crippen LogP contribution in [0.2, 0.25) is 0 Å². The van der Waals surface area contributed by atoms with Gasteiger partial charge in [0.1, 0.15) is 0 Å². The second kappa shape index (κ2) is 13.0. The molecule has 1 heterocycles. The number of morpholine rings is 1. The van der Waals surface area contributed by atoms with Crippen molar-refractivity contribution in [1.82, 2.24) is 15.5 Å². The number of ether oxygens (including phenoxy) is 1. The lowest BCUT2D eigenvalue weighted by Crippen LogP contribution is -2.39. The highest BCUT2D eigenvalue weighted by molar-refractivity contribution is 7.98. The van der Waals surface area contributed by atoms with E-state index in [9.17, 15) is 0 Å². The molecule has 1 saturated heterocycles. The standard InChI is InChI=1S/C20H34N4OS/c1-3-21-20(22-9-4-11-24-12-14-25-15-13-24)23-10-16-26-17-19-7-5-18(2)6-8-19/h5-8H,3-4,9-17H2,1-2H3,(H2,21,22,23). The van der Waals surface area contributed by atoms with Crippen molar-refractivity contribution >= 4 is 17.7 Å². The van der Waals surface area contributed by atoms with E-state index in [0.717, 1.165) is 76.4 Å². The van der Waals surface area contributed by atoms with E-state index >= 15 is 0 Å². The van der Waals surface area contributed by atoms with Gasteiger partial charge in [0.25, 0.3) is 0 Å². The number of hydrogen-bond acceptors (Lipinski definition) is 4. The van der Waals surface area contributed by atoms with Gasteiger partial charge in [-0.25, -0.2) is 0 Å². The highest BCUT2D eigenvalue weighted by Gasteiger charge is 2.08. The molecule has 1 aromatic rings. The zero-order valence-electron chi connectivity index (χ0n) is 16.3. The van der Waals surface area contributed by atoms with Crippen LogP contribution in [0, 0.1) is 6.92 Å². The number of aliphatic imine (C=N–C) groups is 1. The third-order valence-corrected chi connectivity index (χ3v) is 5.31. The average Bonchev–Trinajstić information content (AvgIpc) is 2.67. The van der Waals surface area contributed by atoms with Crippen LogP contribution in [0.3, 0.4) is 0 Å². The van der Waals surface area contributed by atoms with Crippen LogP contribution in [0.5, 0.6) is 0 Å². The zero-order valence-corrected chi connectivity index (χ0v) is 17.1. The van der Waals surface area contributed by atoms with Gasteiger partial charge in [0, 0.05) is 50.8 Å². The summed E-state index contributed by atoms with van der Waals surface area (Å²) in [5, 5.41) is 6.77. The first-order chi connectivity index (χ1) is 12.8. The molecule has 1 aromatic carbocycles. The number of hydrogen-bond donors (Lipinski definition) is 2. The van der Waals surface area contributed by atoms with E-state index in [-0.39, 0.29) is 0 Å². The molecular weight excluding hydrogens is 344 g/mol. The van der Waals surface area contributed by atoms with Crippen LogP contribution in [-0.2, 0) is 10.5 Å². The van der Waals surface area contributed by atoms with Crippen LogP contribution >= 0.6 is 11.8 Å². The molecule has 6 heteroatoms. The lowest BCUT2D eigenvalue weighted by atomic mass is 10.2. The van der Waals surface area contributed by atoms with Gasteiger partial charge in [-0.1, -0.05) is 29.8 Å². The summed E-state index contributed by atoms with van der Waals surface area (Å²) in [5.41, 5.74) is 2.71. The number of thioether (sulfide) groups is 1. The van der Waals surface area contributed by atoms with Crippen molar-refractivity contribution in [3.05, 3.63) is 35.4 Å². The Morgan fingerprint density at radius 2 is 1.96 bits per heavy atom. The quantitative estimate of drug-likeness (QED) is 0.372. The van der Waals surface area contributed by atoms with E-state index in [1.54, 1.807) is 0 Å². The van der Waals surface area contributed by atoms with Gasteiger partial charge in [-0.2, -0.15) is 11.8 Å². The molecule has 0 amide bonds. The minimum absolute atomic E-state index is 0.864. The molecule has 0 bridgehead atoms. The van der Waals surface area contributed by atoms with E-state index in [1.165, 1.54) is 11.1 Å². The Labute approximate surface area is 163 Å². The molecule has 0 aromatic heterocycles. The van der Waals surface area contributed by atoms with Gasteiger partial charge < -0.3 is 15.4 Å². The zero-order chi connectivity index (χ0) is 18.5. The van der Waals surface area contributed by atoms with Gasteiger partial charge in [0.15, 0.2) is 5.96 Å². The SMILES string of the molecule is CCNC(=NCCCN1CCOCC1)NCCSCc1ccc(C)cc1. The first-order valence-electron chi connectivity index (χ1n) is 9.73. The molecular formula is C20H34N4OS. The number of guanidine groups is 1. The van der Waals surface area contributed by atoms with Crippen molar-refractivity contribution in [2.24, 2.45) is 4.99 Å². The monoisotopic (exact) mass is 378 g/mol. The highest BCUT2D eigenvalue weighted by atomic mass is 32.2. The Balaban J connectivity index is 1.57. The lowest BCUT2D eigenvalue weighted by molar-refractivity contribution is 0.0377. The van der Waals surface area contributed by atoms with Crippen LogP contribution in [0.1, 0.15) is 24.5 Å². The fourth-order valence-electron chi connectivity index (χ4n) is 2.77. The second-order valence-corrected chi connectivity index (χ2v) is 7.64. The Hall–Kier alpha value is -1.24. The molecule has 0 atom stereocenters. The molecule has 5 nitrogen and oxygen atoms in total. The van der Waals surface area contributed by atoms with Crippen LogP contribution in [0.15, 0.2) is 29.3 Å². The van der Waals surface area contributed by atoms with Crippen molar-refractivity contribution in [2.45, 2.75) is 26.0 Å². The second-order valence-electron chi connectivity index (χ2n) is 6.53. The molecule has 1 aliphatic heterocycles. The van der Waals surface area contributed by atoms with E-state index in [1.807, 2.05) is 11.8 Å². The molecule has 0 aliphatic carbocycles. The van der Waals surface area contributed by atoms with Gasteiger partial charge >= 0.3 is 0 Å². The summed E-state index contributed by atoms with van der Waals surface area (Å²) in [6.07, 6.45) is 1.10. The maximum atomic E-state index is 5.38. The van der Waals surface area contributed by atoms with Gasteiger partial charge in [-0.05, 0) is 25.8 Å². The molecule has 146 valence electrons. The number of nitrogens with one attached hydrogen (secondary N) is 2. The fourth-order valence-corrected chi connectivity index (χ4v) is 3.59. The predicted octanol–water partition coefficient (Wildman–Crippen LogP) is 2.51. The highest BCUT2D eigenvalue weighted by Crippen LogP contribution is 2.12. The van der Waals surface area contributed by atoms with Crippen LogP contribution < -0.4 is 10.6 Å². The van der Waals surface area contributed by atoms with Crippen LogP contribution in [0.25, 0.3) is 0 Å². The Bertz CT molecular complexity index is 515. The van der Waals surface area contributed by atoms with E-state index in [4.69, 9.17) is 9.73 Å². The number of aryl methyl sites for hydroxylation is 1. The van der Waals surface area contributed by atoms with Crippen LogP contribution in [0.4, 0.5) is 0 Å². The molecule has 2 N–H and O–H groups in total. The molecule has 0 unspecified atom stereocenters. The molecule has 1 fully saturated rings. The fraction of sp³-hybridized carbons (Fsp3) is 0.650. The molecule has 2 rings (SSSR count). The summed E-state index contributed by atoms with van der Waals surface area (Å²) in [6, 6.07) is 8.80. The average molecular weight is 379 g/mol. The summed E-state index contributed by atoms with van der Waals surface area (Å²) in [6.45, 7) is 11.9. The van der Waals surface area contributed by atoms with Crippen molar-refractivity contribution in [2.75, 3.05) is 58.2 Å². The number of nitrogens with zero attached hydrogens (tertiary/aromatic N) is 2. The maximum absolute atomic E-state index is 5.38. The lowest BCUT2D eigenvalue weighted by Gasteiger charge is -2.26. The number of rotatable bonds is 10. The summed E-state index contributed by atoms with van der Waals surface area (Å²) < 4.78 is 5.38. The molecule has 0 saturated carbocycles. The molecule has 0 radical (unpaired) electrons. The predicted molar refractivity (Wildman–Crippen MR) is 113 cm³/mol. The summed E-state index contributed by atoms with van der Waals surface area (Å²) in [4.78, 5) is 7.15. The van der Waals surface area contributed by atoms with Gasteiger partial charge in [-0.3, -0.25) is 9.89 Å². The van der Waals surface area contributed by atoms with Gasteiger partial charge in [0.2, 0.25) is 0 Å². The number of benzene rings is 1. The van der Waals surface area contributed by atoms with E-state index in [2.05, 4.69) is 53.6 Å². The first-order valence-corrected chi connectivity index (χ1v) is 10.9. The Morgan fingerprint density at radius 1 is 1.19 bits per heavy atom.